The number of rotatable bonds is 4. The van der Waals surface area contributed by atoms with Crippen molar-refractivity contribution in [1.82, 2.24) is 9.47 Å². The topological polar surface area (TPSA) is 37.3 Å². The maximum absolute atomic E-state index is 11.7. The molecular weight excluding hydrogens is 250 g/mol. The number of piperidine rings is 1. The first-order valence-corrected chi connectivity index (χ1v) is 7.68. The smallest absolute Gasteiger partial charge is 0.250 e. The Morgan fingerprint density at radius 2 is 2.10 bits per heavy atom. The van der Waals surface area contributed by atoms with Crippen molar-refractivity contribution in [2.24, 2.45) is 5.92 Å². The van der Waals surface area contributed by atoms with Gasteiger partial charge in [0.15, 0.2) is 0 Å². The van der Waals surface area contributed by atoms with Crippen molar-refractivity contribution >= 4 is 5.69 Å². The summed E-state index contributed by atoms with van der Waals surface area (Å²) in [4.78, 5) is 14.2. The van der Waals surface area contributed by atoms with Crippen LogP contribution >= 0.6 is 0 Å². The minimum Gasteiger partial charge on any atom is -0.381 e. The zero-order chi connectivity index (χ0) is 14.7. The van der Waals surface area contributed by atoms with Gasteiger partial charge >= 0.3 is 0 Å². The normalized spacial score (nSPS) is 27.5. The van der Waals surface area contributed by atoms with Gasteiger partial charge in [-0.3, -0.25) is 4.79 Å². The molecule has 0 saturated carbocycles. The number of anilines is 1. The van der Waals surface area contributed by atoms with E-state index < -0.39 is 0 Å². The van der Waals surface area contributed by atoms with Crippen molar-refractivity contribution in [3.8, 4) is 0 Å². The van der Waals surface area contributed by atoms with Crippen molar-refractivity contribution in [1.29, 1.82) is 0 Å². The van der Waals surface area contributed by atoms with E-state index in [4.69, 9.17) is 0 Å². The number of aryl methyl sites for hydroxylation is 1. The molecule has 0 bridgehead atoms. The van der Waals surface area contributed by atoms with Crippen molar-refractivity contribution in [2.75, 3.05) is 18.9 Å². The Kier molecular flexibility index (Phi) is 4.86. The maximum atomic E-state index is 11.7. The fourth-order valence-corrected chi connectivity index (χ4v) is 2.99. The SMILES string of the molecule is CCCn1cc(NC2CC(C)N(C)CC2C)ccc1=O. The zero-order valence-corrected chi connectivity index (χ0v) is 13.1. The van der Waals surface area contributed by atoms with Gasteiger partial charge in [0.25, 0.3) is 5.56 Å². The highest BCUT2D eigenvalue weighted by Crippen LogP contribution is 2.23. The Labute approximate surface area is 121 Å². The summed E-state index contributed by atoms with van der Waals surface area (Å²) < 4.78 is 1.80. The fraction of sp³-hybridized carbons (Fsp3) is 0.688. The van der Waals surface area contributed by atoms with E-state index in [1.54, 1.807) is 10.6 Å². The Balaban J connectivity index is 2.09. The van der Waals surface area contributed by atoms with Crippen LogP contribution in [-0.2, 0) is 6.54 Å². The molecule has 0 radical (unpaired) electrons. The quantitative estimate of drug-likeness (QED) is 0.918. The summed E-state index contributed by atoms with van der Waals surface area (Å²) in [7, 11) is 2.19. The number of aromatic nitrogens is 1. The Bertz CT molecular complexity index is 497. The molecule has 3 atom stereocenters. The summed E-state index contributed by atoms with van der Waals surface area (Å²) in [5.41, 5.74) is 1.15. The van der Waals surface area contributed by atoms with E-state index in [1.807, 2.05) is 12.3 Å². The third-order valence-electron chi connectivity index (χ3n) is 4.41. The van der Waals surface area contributed by atoms with Gasteiger partial charge in [-0.15, -0.1) is 0 Å². The molecule has 0 spiro atoms. The summed E-state index contributed by atoms with van der Waals surface area (Å²) in [6.45, 7) is 8.56. The maximum Gasteiger partial charge on any atom is 0.250 e. The molecule has 0 amide bonds. The van der Waals surface area contributed by atoms with Crippen molar-refractivity contribution in [3.63, 3.8) is 0 Å². The van der Waals surface area contributed by atoms with Gasteiger partial charge < -0.3 is 14.8 Å². The van der Waals surface area contributed by atoms with E-state index in [-0.39, 0.29) is 5.56 Å². The Hall–Kier alpha value is -1.29. The number of hydrogen-bond donors (Lipinski definition) is 1. The number of nitrogens with one attached hydrogen (secondary N) is 1. The molecule has 1 fully saturated rings. The highest BCUT2D eigenvalue weighted by atomic mass is 16.1. The summed E-state index contributed by atoms with van der Waals surface area (Å²) >= 11 is 0. The predicted molar refractivity (Wildman–Crippen MR) is 84.3 cm³/mol. The molecule has 1 aromatic heterocycles. The Morgan fingerprint density at radius 3 is 2.80 bits per heavy atom. The second-order valence-electron chi connectivity index (χ2n) is 6.20. The van der Waals surface area contributed by atoms with E-state index in [2.05, 4.69) is 38.0 Å². The first-order chi connectivity index (χ1) is 9.51. The molecule has 0 aromatic carbocycles. The number of hydrogen-bond acceptors (Lipinski definition) is 3. The van der Waals surface area contributed by atoms with Gasteiger partial charge in [0.2, 0.25) is 0 Å². The van der Waals surface area contributed by atoms with Gasteiger partial charge in [-0.25, -0.2) is 0 Å². The van der Waals surface area contributed by atoms with Crippen LogP contribution in [0.3, 0.4) is 0 Å². The molecule has 112 valence electrons. The van der Waals surface area contributed by atoms with Crippen molar-refractivity contribution < 1.29 is 0 Å². The molecule has 2 heterocycles. The zero-order valence-electron chi connectivity index (χ0n) is 13.1. The van der Waals surface area contributed by atoms with Gasteiger partial charge in [-0.1, -0.05) is 13.8 Å². The predicted octanol–water partition coefficient (Wildman–Crippen LogP) is 2.40. The summed E-state index contributed by atoms with van der Waals surface area (Å²) in [5, 5.41) is 3.62. The van der Waals surface area contributed by atoms with Crippen LogP contribution in [0.5, 0.6) is 0 Å². The van der Waals surface area contributed by atoms with Gasteiger partial charge in [-0.2, -0.15) is 0 Å². The molecule has 20 heavy (non-hydrogen) atoms. The minimum absolute atomic E-state index is 0.0854. The molecule has 4 nitrogen and oxygen atoms in total. The lowest BCUT2D eigenvalue weighted by Crippen LogP contribution is -2.48. The molecule has 1 aromatic rings. The lowest BCUT2D eigenvalue weighted by Gasteiger charge is -2.40. The lowest BCUT2D eigenvalue weighted by atomic mass is 9.90. The van der Waals surface area contributed by atoms with Crippen LogP contribution in [0.2, 0.25) is 0 Å². The summed E-state index contributed by atoms with van der Waals surface area (Å²) in [6, 6.07) is 4.66. The van der Waals surface area contributed by atoms with Crippen LogP contribution in [-0.4, -0.2) is 35.1 Å². The molecule has 2 rings (SSSR count). The van der Waals surface area contributed by atoms with Crippen molar-refractivity contribution in [2.45, 2.75) is 52.2 Å². The average molecular weight is 277 g/mol. The van der Waals surface area contributed by atoms with Crippen LogP contribution in [0, 0.1) is 5.92 Å². The fourth-order valence-electron chi connectivity index (χ4n) is 2.99. The van der Waals surface area contributed by atoms with Gasteiger partial charge in [0, 0.05) is 37.4 Å². The monoisotopic (exact) mass is 277 g/mol. The van der Waals surface area contributed by atoms with Crippen LogP contribution < -0.4 is 10.9 Å². The van der Waals surface area contributed by atoms with Crippen LogP contribution in [0.25, 0.3) is 0 Å². The molecule has 1 aliphatic rings. The second-order valence-corrected chi connectivity index (χ2v) is 6.20. The van der Waals surface area contributed by atoms with E-state index >= 15 is 0 Å². The molecule has 1 saturated heterocycles. The number of pyridine rings is 1. The van der Waals surface area contributed by atoms with Gasteiger partial charge in [-0.05, 0) is 38.8 Å². The Morgan fingerprint density at radius 1 is 1.35 bits per heavy atom. The molecular formula is C16H27N3O. The molecule has 4 heteroatoms. The number of nitrogens with zero attached hydrogens (tertiary/aromatic N) is 2. The first-order valence-electron chi connectivity index (χ1n) is 7.68. The third-order valence-corrected chi connectivity index (χ3v) is 4.41. The molecule has 0 aliphatic carbocycles. The lowest BCUT2D eigenvalue weighted by molar-refractivity contribution is 0.145. The third kappa shape index (κ3) is 3.42. The molecule has 3 unspecified atom stereocenters. The highest BCUT2D eigenvalue weighted by molar-refractivity contribution is 5.41. The van der Waals surface area contributed by atoms with E-state index in [0.29, 0.717) is 18.0 Å². The van der Waals surface area contributed by atoms with E-state index in [9.17, 15) is 4.79 Å². The minimum atomic E-state index is 0.0854. The average Bonchev–Trinajstić information content (AvgIpc) is 2.40. The summed E-state index contributed by atoms with van der Waals surface area (Å²) in [6.07, 6.45) is 4.08. The highest BCUT2D eigenvalue weighted by Gasteiger charge is 2.28. The van der Waals surface area contributed by atoms with Crippen molar-refractivity contribution in [3.05, 3.63) is 28.7 Å². The van der Waals surface area contributed by atoms with E-state index in [1.165, 1.54) is 0 Å². The first kappa shape index (κ1) is 15.1. The summed E-state index contributed by atoms with van der Waals surface area (Å²) in [5.74, 6) is 0.614. The largest absolute Gasteiger partial charge is 0.381 e. The van der Waals surface area contributed by atoms with Gasteiger partial charge in [0.1, 0.15) is 0 Å². The molecule has 1 N–H and O–H groups in total. The van der Waals surface area contributed by atoms with Crippen LogP contribution in [0.1, 0.15) is 33.6 Å². The number of likely N-dealkylation sites (tertiary alicyclic amines) is 1. The standard InChI is InChI=1S/C16H27N3O/c1-5-8-19-11-14(6-7-16(19)20)17-15-9-13(3)18(4)10-12(15)2/h6-7,11-13,15,17H,5,8-10H2,1-4H3. The van der Waals surface area contributed by atoms with E-state index in [0.717, 1.165) is 31.6 Å². The second kappa shape index (κ2) is 6.44. The van der Waals surface area contributed by atoms with Crippen LogP contribution in [0.4, 0.5) is 5.69 Å². The molecule has 1 aliphatic heterocycles. The van der Waals surface area contributed by atoms with Gasteiger partial charge in [0.05, 0.1) is 5.69 Å². The van der Waals surface area contributed by atoms with Crippen LogP contribution in [0.15, 0.2) is 23.1 Å².